The molecule has 7 heteroatoms. The van der Waals surface area contributed by atoms with E-state index < -0.39 is 11.7 Å². The van der Waals surface area contributed by atoms with E-state index in [0.29, 0.717) is 18.8 Å². The van der Waals surface area contributed by atoms with Gasteiger partial charge in [0.15, 0.2) is 0 Å². The van der Waals surface area contributed by atoms with E-state index >= 15 is 0 Å². The van der Waals surface area contributed by atoms with Crippen LogP contribution in [0.5, 0.6) is 0 Å². The van der Waals surface area contributed by atoms with E-state index in [4.69, 9.17) is 0 Å². The topological polar surface area (TPSA) is 55.9 Å². The molecule has 1 aliphatic heterocycles. The highest BCUT2D eigenvalue weighted by atomic mass is 19.1. The molecule has 0 radical (unpaired) electrons. The molecule has 0 atom stereocenters. The predicted molar refractivity (Wildman–Crippen MR) is 91.8 cm³/mol. The van der Waals surface area contributed by atoms with Crippen molar-refractivity contribution < 1.29 is 14.0 Å². The second-order valence-electron chi connectivity index (χ2n) is 6.25. The molecular formula is C17H25FN4O2. The minimum atomic E-state index is -0.566. The van der Waals surface area contributed by atoms with Crippen molar-refractivity contribution in [1.29, 1.82) is 0 Å². The average molecular weight is 336 g/mol. The maximum absolute atomic E-state index is 14.0. The van der Waals surface area contributed by atoms with Gasteiger partial charge in [0.25, 0.3) is 5.91 Å². The molecule has 0 spiro atoms. The van der Waals surface area contributed by atoms with Gasteiger partial charge in [0, 0.05) is 58.9 Å². The van der Waals surface area contributed by atoms with E-state index in [-0.39, 0.29) is 24.4 Å². The molecule has 1 N–H and O–H groups in total. The third-order valence-corrected chi connectivity index (χ3v) is 4.19. The van der Waals surface area contributed by atoms with Gasteiger partial charge >= 0.3 is 0 Å². The van der Waals surface area contributed by atoms with Crippen LogP contribution in [0.25, 0.3) is 0 Å². The van der Waals surface area contributed by atoms with Crippen LogP contribution < -0.4 is 10.2 Å². The summed E-state index contributed by atoms with van der Waals surface area (Å²) in [6.45, 7) is 3.36. The minimum absolute atomic E-state index is 0.00681. The maximum Gasteiger partial charge on any atom is 0.254 e. The zero-order chi connectivity index (χ0) is 17.7. The second-order valence-corrected chi connectivity index (χ2v) is 6.25. The molecule has 1 heterocycles. The number of halogens is 1. The Bertz CT molecular complexity index is 598. The Morgan fingerprint density at radius 3 is 2.46 bits per heavy atom. The summed E-state index contributed by atoms with van der Waals surface area (Å²) in [5.74, 6) is -1.04. The standard InChI is InChI=1S/C17H25FN4O2/c1-20(2)13-4-5-14(15(18)12-13)17(24)19-7-6-16(23)22-10-8-21(3)9-11-22/h4-5,12H,6-11H2,1-3H3,(H,19,24). The number of carbonyl (C=O) groups excluding carboxylic acids is 2. The Kier molecular flexibility index (Phi) is 6.14. The molecule has 2 rings (SSSR count). The zero-order valence-electron chi connectivity index (χ0n) is 14.5. The van der Waals surface area contributed by atoms with Crippen molar-refractivity contribution in [2.75, 3.05) is 58.8 Å². The van der Waals surface area contributed by atoms with Crippen LogP contribution >= 0.6 is 0 Å². The highest BCUT2D eigenvalue weighted by Gasteiger charge is 2.19. The quantitative estimate of drug-likeness (QED) is 0.864. The van der Waals surface area contributed by atoms with Gasteiger partial charge in [0.2, 0.25) is 5.91 Å². The summed E-state index contributed by atoms with van der Waals surface area (Å²) in [4.78, 5) is 29.9. The smallest absolute Gasteiger partial charge is 0.254 e. The molecule has 0 aliphatic carbocycles. The third kappa shape index (κ3) is 4.67. The van der Waals surface area contributed by atoms with Gasteiger partial charge in [0.1, 0.15) is 5.82 Å². The highest BCUT2D eigenvalue weighted by molar-refractivity contribution is 5.95. The van der Waals surface area contributed by atoms with Crippen molar-refractivity contribution in [2.45, 2.75) is 6.42 Å². The number of hydrogen-bond donors (Lipinski definition) is 1. The van der Waals surface area contributed by atoms with Crippen LogP contribution in [0.4, 0.5) is 10.1 Å². The first-order valence-electron chi connectivity index (χ1n) is 8.10. The fourth-order valence-electron chi connectivity index (χ4n) is 2.56. The molecule has 0 saturated carbocycles. The van der Waals surface area contributed by atoms with E-state index in [1.807, 2.05) is 7.05 Å². The van der Waals surface area contributed by atoms with Crippen LogP contribution in [0.3, 0.4) is 0 Å². The van der Waals surface area contributed by atoms with E-state index in [0.717, 1.165) is 13.1 Å². The Labute approximate surface area is 142 Å². The molecule has 24 heavy (non-hydrogen) atoms. The molecule has 1 saturated heterocycles. The number of amides is 2. The summed E-state index contributed by atoms with van der Waals surface area (Å²) in [7, 11) is 5.63. The first-order valence-corrected chi connectivity index (χ1v) is 8.10. The number of nitrogens with one attached hydrogen (secondary N) is 1. The minimum Gasteiger partial charge on any atom is -0.378 e. The lowest BCUT2D eigenvalue weighted by Crippen LogP contribution is -2.47. The van der Waals surface area contributed by atoms with Crippen LogP contribution in [-0.2, 0) is 4.79 Å². The van der Waals surface area contributed by atoms with Crippen molar-refractivity contribution in [2.24, 2.45) is 0 Å². The third-order valence-electron chi connectivity index (χ3n) is 4.19. The number of rotatable bonds is 5. The van der Waals surface area contributed by atoms with Gasteiger partial charge in [-0.25, -0.2) is 4.39 Å². The van der Waals surface area contributed by atoms with Gasteiger partial charge < -0.3 is 20.0 Å². The molecule has 1 aromatic rings. The predicted octanol–water partition coefficient (Wildman–Crippen LogP) is 0.786. The summed E-state index contributed by atoms with van der Waals surface area (Å²) < 4.78 is 14.0. The van der Waals surface area contributed by atoms with E-state index in [9.17, 15) is 14.0 Å². The number of hydrogen-bond acceptors (Lipinski definition) is 4. The van der Waals surface area contributed by atoms with E-state index in [1.54, 1.807) is 30.0 Å². The number of anilines is 1. The summed E-state index contributed by atoms with van der Waals surface area (Å²) >= 11 is 0. The lowest BCUT2D eigenvalue weighted by atomic mass is 10.1. The van der Waals surface area contributed by atoms with Crippen molar-refractivity contribution >= 4 is 17.5 Å². The summed E-state index contributed by atoms with van der Waals surface area (Å²) in [5, 5.41) is 2.62. The van der Waals surface area contributed by atoms with Crippen LogP contribution in [0.1, 0.15) is 16.8 Å². The van der Waals surface area contributed by atoms with Crippen LogP contribution in [0.15, 0.2) is 18.2 Å². The molecule has 1 aliphatic rings. The summed E-state index contributed by atoms with van der Waals surface area (Å²) in [6, 6.07) is 4.47. The van der Waals surface area contributed by atoms with Gasteiger partial charge in [0.05, 0.1) is 5.56 Å². The fraction of sp³-hybridized carbons (Fsp3) is 0.529. The number of carbonyl (C=O) groups is 2. The molecule has 1 fully saturated rings. The Morgan fingerprint density at radius 1 is 1.21 bits per heavy atom. The summed E-state index contributed by atoms with van der Waals surface area (Å²) in [6.07, 6.45) is 0.229. The van der Waals surface area contributed by atoms with Crippen molar-refractivity contribution in [3.05, 3.63) is 29.6 Å². The van der Waals surface area contributed by atoms with Crippen molar-refractivity contribution in [1.82, 2.24) is 15.1 Å². The molecule has 0 bridgehead atoms. The molecule has 0 aromatic heterocycles. The first kappa shape index (κ1) is 18.2. The lowest BCUT2D eigenvalue weighted by molar-refractivity contribution is -0.132. The maximum atomic E-state index is 14.0. The Hall–Kier alpha value is -2.15. The molecule has 2 amide bonds. The Balaban J connectivity index is 1.82. The SMILES string of the molecule is CN1CCN(C(=O)CCNC(=O)c2ccc(N(C)C)cc2F)CC1. The number of piperazine rings is 1. The largest absolute Gasteiger partial charge is 0.378 e. The number of nitrogens with zero attached hydrogens (tertiary/aromatic N) is 3. The Morgan fingerprint density at radius 2 is 1.88 bits per heavy atom. The van der Waals surface area contributed by atoms with Crippen LogP contribution in [0, 0.1) is 5.82 Å². The van der Waals surface area contributed by atoms with Gasteiger partial charge in [-0.2, -0.15) is 0 Å². The lowest BCUT2D eigenvalue weighted by Gasteiger charge is -2.32. The number of likely N-dealkylation sites (N-methyl/N-ethyl adjacent to an activating group) is 1. The number of benzene rings is 1. The highest BCUT2D eigenvalue weighted by Crippen LogP contribution is 2.16. The molecule has 6 nitrogen and oxygen atoms in total. The molecule has 0 unspecified atom stereocenters. The molecule has 132 valence electrons. The van der Waals surface area contributed by atoms with Gasteiger partial charge in [-0.15, -0.1) is 0 Å². The van der Waals surface area contributed by atoms with E-state index in [2.05, 4.69) is 10.2 Å². The molecular weight excluding hydrogens is 311 g/mol. The monoisotopic (exact) mass is 336 g/mol. The van der Waals surface area contributed by atoms with Crippen LogP contribution in [-0.4, -0.2) is 75.5 Å². The normalized spacial score (nSPS) is 15.2. The van der Waals surface area contributed by atoms with Gasteiger partial charge in [-0.1, -0.05) is 0 Å². The van der Waals surface area contributed by atoms with Crippen molar-refractivity contribution in [3.8, 4) is 0 Å². The fourth-order valence-corrected chi connectivity index (χ4v) is 2.56. The zero-order valence-corrected chi connectivity index (χ0v) is 14.5. The second kappa shape index (κ2) is 8.10. The van der Waals surface area contributed by atoms with Gasteiger partial charge in [-0.05, 0) is 25.2 Å². The van der Waals surface area contributed by atoms with Crippen LogP contribution in [0.2, 0.25) is 0 Å². The average Bonchev–Trinajstić information content (AvgIpc) is 2.55. The van der Waals surface area contributed by atoms with E-state index in [1.165, 1.54) is 12.1 Å². The van der Waals surface area contributed by atoms with Crippen molar-refractivity contribution in [3.63, 3.8) is 0 Å². The van der Waals surface area contributed by atoms with Gasteiger partial charge in [-0.3, -0.25) is 9.59 Å². The first-order chi connectivity index (χ1) is 11.4. The molecule has 1 aromatic carbocycles. The summed E-state index contributed by atoms with van der Waals surface area (Å²) in [5.41, 5.74) is 0.682.